The number of nitrogens with one attached hydrogen (secondary N) is 1. The molecular formula is C11H10FN5. The van der Waals surface area contributed by atoms with Crippen molar-refractivity contribution in [2.75, 3.05) is 5.73 Å². The van der Waals surface area contributed by atoms with Gasteiger partial charge in [-0.2, -0.15) is 5.10 Å². The Labute approximate surface area is 96.1 Å². The third-order valence-electron chi connectivity index (χ3n) is 2.70. The lowest BCUT2D eigenvalue weighted by atomic mass is 10.3. The van der Waals surface area contributed by atoms with E-state index in [-0.39, 0.29) is 5.82 Å². The van der Waals surface area contributed by atoms with Crippen LogP contribution in [-0.4, -0.2) is 19.7 Å². The molecule has 2 aromatic heterocycles. The summed E-state index contributed by atoms with van der Waals surface area (Å²) in [5, 5.41) is 4.02. The van der Waals surface area contributed by atoms with Crippen molar-refractivity contribution >= 4 is 16.9 Å². The first-order valence-electron chi connectivity index (χ1n) is 5.09. The van der Waals surface area contributed by atoms with Crippen LogP contribution < -0.4 is 5.73 Å². The first-order valence-corrected chi connectivity index (χ1v) is 5.09. The van der Waals surface area contributed by atoms with Crippen LogP contribution in [0.1, 0.15) is 0 Å². The molecule has 5 nitrogen and oxygen atoms in total. The van der Waals surface area contributed by atoms with Crippen LogP contribution in [0, 0.1) is 5.82 Å². The Kier molecular flexibility index (Phi) is 1.91. The van der Waals surface area contributed by atoms with Crippen LogP contribution in [-0.2, 0) is 7.05 Å². The summed E-state index contributed by atoms with van der Waals surface area (Å²) in [6, 6.07) is 4.77. The summed E-state index contributed by atoms with van der Waals surface area (Å²) in [4.78, 5) is 7.22. The number of fused-ring (bicyclic) bond motifs is 1. The monoisotopic (exact) mass is 231 g/mol. The average Bonchev–Trinajstić information content (AvgIpc) is 2.85. The first kappa shape index (κ1) is 9.83. The first-order chi connectivity index (χ1) is 8.16. The van der Waals surface area contributed by atoms with Crippen LogP contribution in [0.3, 0.4) is 0 Å². The lowest BCUT2D eigenvalue weighted by molar-refractivity contribution is 0.637. The van der Waals surface area contributed by atoms with Crippen molar-refractivity contribution in [3.63, 3.8) is 0 Å². The Morgan fingerprint density at radius 3 is 2.88 bits per heavy atom. The van der Waals surface area contributed by atoms with E-state index in [9.17, 15) is 4.39 Å². The summed E-state index contributed by atoms with van der Waals surface area (Å²) in [6.07, 6.45) is 1.60. The van der Waals surface area contributed by atoms with Gasteiger partial charge in [0.1, 0.15) is 17.2 Å². The Balaban J connectivity index is 2.25. The predicted molar refractivity (Wildman–Crippen MR) is 62.7 cm³/mol. The predicted octanol–water partition coefficient (Wildman–Crippen LogP) is 1.68. The van der Waals surface area contributed by atoms with E-state index in [0.29, 0.717) is 28.2 Å². The second-order valence-corrected chi connectivity index (χ2v) is 3.79. The summed E-state index contributed by atoms with van der Waals surface area (Å²) >= 11 is 0. The van der Waals surface area contributed by atoms with E-state index in [4.69, 9.17) is 5.73 Å². The molecule has 0 spiro atoms. The lowest BCUT2D eigenvalue weighted by Crippen LogP contribution is -1.98. The molecular weight excluding hydrogens is 221 g/mol. The molecule has 0 unspecified atom stereocenters. The largest absolute Gasteiger partial charge is 0.383 e. The van der Waals surface area contributed by atoms with Crippen LogP contribution in [0.4, 0.5) is 10.2 Å². The minimum absolute atomic E-state index is 0.311. The van der Waals surface area contributed by atoms with E-state index >= 15 is 0 Å². The number of para-hydroxylation sites is 1. The van der Waals surface area contributed by atoms with Crippen LogP contribution in [0.2, 0.25) is 0 Å². The summed E-state index contributed by atoms with van der Waals surface area (Å²) in [6.45, 7) is 0. The smallest absolute Gasteiger partial charge is 0.151 e. The molecule has 0 fully saturated rings. The van der Waals surface area contributed by atoms with Crippen molar-refractivity contribution in [3.8, 4) is 11.4 Å². The van der Waals surface area contributed by atoms with Gasteiger partial charge in [0.15, 0.2) is 5.82 Å². The summed E-state index contributed by atoms with van der Waals surface area (Å²) in [5.41, 5.74) is 7.46. The number of halogens is 1. The topological polar surface area (TPSA) is 72.5 Å². The Morgan fingerprint density at radius 2 is 2.24 bits per heavy atom. The molecule has 0 bridgehead atoms. The Morgan fingerprint density at radius 1 is 1.41 bits per heavy atom. The van der Waals surface area contributed by atoms with E-state index in [0.717, 1.165) is 0 Å². The zero-order valence-corrected chi connectivity index (χ0v) is 9.11. The summed E-state index contributed by atoms with van der Waals surface area (Å²) in [7, 11) is 1.74. The number of hydrogen-bond donors (Lipinski definition) is 2. The normalized spacial score (nSPS) is 11.2. The van der Waals surface area contributed by atoms with E-state index in [2.05, 4.69) is 15.1 Å². The van der Waals surface area contributed by atoms with E-state index in [1.165, 1.54) is 6.07 Å². The molecule has 0 aliphatic heterocycles. The number of anilines is 1. The minimum Gasteiger partial charge on any atom is -0.383 e. The molecule has 3 rings (SSSR count). The Bertz CT molecular complexity index is 697. The fourth-order valence-corrected chi connectivity index (χ4v) is 1.75. The van der Waals surface area contributed by atoms with E-state index in [1.54, 1.807) is 30.1 Å². The molecule has 0 radical (unpaired) electrons. The SMILES string of the molecule is Cn1ncc(-c2nc3c(F)cccc3[nH]2)c1N. The highest BCUT2D eigenvalue weighted by Crippen LogP contribution is 2.25. The molecule has 0 saturated carbocycles. The van der Waals surface area contributed by atoms with Crippen LogP contribution in [0.5, 0.6) is 0 Å². The van der Waals surface area contributed by atoms with Gasteiger partial charge in [-0.05, 0) is 12.1 Å². The number of aromatic amines is 1. The summed E-state index contributed by atoms with van der Waals surface area (Å²) < 4.78 is 15.0. The highest BCUT2D eigenvalue weighted by molar-refractivity contribution is 5.81. The van der Waals surface area contributed by atoms with Gasteiger partial charge in [-0.25, -0.2) is 9.37 Å². The van der Waals surface area contributed by atoms with Gasteiger partial charge in [0.2, 0.25) is 0 Å². The van der Waals surface area contributed by atoms with E-state index in [1.807, 2.05) is 0 Å². The highest BCUT2D eigenvalue weighted by atomic mass is 19.1. The number of benzene rings is 1. The van der Waals surface area contributed by atoms with Gasteiger partial charge in [0.25, 0.3) is 0 Å². The fourth-order valence-electron chi connectivity index (χ4n) is 1.75. The van der Waals surface area contributed by atoms with Crippen molar-refractivity contribution in [2.45, 2.75) is 0 Å². The van der Waals surface area contributed by atoms with Crippen LogP contribution in [0.15, 0.2) is 24.4 Å². The molecule has 0 aliphatic carbocycles. The van der Waals surface area contributed by atoms with Crippen LogP contribution in [0.25, 0.3) is 22.4 Å². The maximum Gasteiger partial charge on any atom is 0.151 e. The van der Waals surface area contributed by atoms with Crippen LogP contribution >= 0.6 is 0 Å². The fraction of sp³-hybridized carbons (Fsp3) is 0.0909. The number of imidazole rings is 1. The van der Waals surface area contributed by atoms with Gasteiger partial charge in [-0.15, -0.1) is 0 Å². The molecule has 0 amide bonds. The van der Waals surface area contributed by atoms with Crippen molar-refractivity contribution < 1.29 is 4.39 Å². The standard InChI is InChI=1S/C11H10FN5/c1-17-10(13)6(5-14-17)11-15-8-4-2-3-7(12)9(8)16-11/h2-5H,13H2,1H3,(H,15,16). The number of aryl methyl sites for hydroxylation is 1. The molecule has 17 heavy (non-hydrogen) atoms. The van der Waals surface area contributed by atoms with Crippen molar-refractivity contribution in [2.24, 2.45) is 7.05 Å². The van der Waals surface area contributed by atoms with E-state index < -0.39 is 0 Å². The van der Waals surface area contributed by atoms with Gasteiger partial charge >= 0.3 is 0 Å². The number of nitrogens with zero attached hydrogens (tertiary/aromatic N) is 3. The number of nitrogen functional groups attached to an aromatic ring is 1. The lowest BCUT2D eigenvalue weighted by Gasteiger charge is -1.95. The molecule has 3 N–H and O–H groups in total. The molecule has 0 atom stereocenters. The molecule has 2 heterocycles. The molecule has 0 saturated heterocycles. The van der Waals surface area contributed by atoms with Gasteiger partial charge < -0.3 is 10.7 Å². The highest BCUT2D eigenvalue weighted by Gasteiger charge is 2.13. The second-order valence-electron chi connectivity index (χ2n) is 3.79. The number of hydrogen-bond acceptors (Lipinski definition) is 3. The molecule has 3 aromatic rings. The number of H-pyrrole nitrogens is 1. The van der Waals surface area contributed by atoms with Gasteiger partial charge in [-0.3, -0.25) is 4.68 Å². The minimum atomic E-state index is -0.354. The third kappa shape index (κ3) is 1.37. The number of nitrogens with two attached hydrogens (primary N) is 1. The Hall–Kier alpha value is -2.37. The van der Waals surface area contributed by atoms with Gasteiger partial charge in [-0.1, -0.05) is 6.07 Å². The average molecular weight is 231 g/mol. The van der Waals surface area contributed by atoms with Crippen molar-refractivity contribution in [1.29, 1.82) is 0 Å². The maximum absolute atomic E-state index is 13.5. The number of rotatable bonds is 1. The zero-order valence-electron chi connectivity index (χ0n) is 9.11. The van der Waals surface area contributed by atoms with Gasteiger partial charge in [0.05, 0.1) is 17.3 Å². The molecule has 86 valence electrons. The third-order valence-corrected chi connectivity index (χ3v) is 2.70. The van der Waals surface area contributed by atoms with Crippen molar-refractivity contribution in [1.82, 2.24) is 19.7 Å². The molecule has 0 aliphatic rings. The summed E-state index contributed by atoms with van der Waals surface area (Å²) in [5.74, 6) is 0.660. The quantitative estimate of drug-likeness (QED) is 0.669. The number of aromatic nitrogens is 4. The molecule has 1 aromatic carbocycles. The molecule has 6 heteroatoms. The maximum atomic E-state index is 13.5. The van der Waals surface area contributed by atoms with Gasteiger partial charge in [0, 0.05) is 7.05 Å². The zero-order chi connectivity index (χ0) is 12.0. The van der Waals surface area contributed by atoms with Crippen molar-refractivity contribution in [3.05, 3.63) is 30.2 Å². The second kappa shape index (κ2) is 3.31.